The summed E-state index contributed by atoms with van der Waals surface area (Å²) >= 11 is 0. The van der Waals surface area contributed by atoms with Gasteiger partial charge in [-0.3, -0.25) is 4.79 Å². The second kappa shape index (κ2) is 5.38. The van der Waals surface area contributed by atoms with E-state index >= 15 is 0 Å². The first-order chi connectivity index (χ1) is 6.18. The summed E-state index contributed by atoms with van der Waals surface area (Å²) in [6.07, 6.45) is 6.31. The lowest BCUT2D eigenvalue weighted by Gasteiger charge is -2.19. The van der Waals surface area contributed by atoms with Crippen molar-refractivity contribution in [2.45, 2.75) is 39.0 Å². The van der Waals surface area contributed by atoms with Crippen LogP contribution >= 0.6 is 0 Å². The highest BCUT2D eigenvalue weighted by Gasteiger charge is 2.16. The molecule has 0 N–H and O–H groups in total. The molecule has 0 aromatic heterocycles. The van der Waals surface area contributed by atoms with Gasteiger partial charge in [-0.2, -0.15) is 0 Å². The Morgan fingerprint density at radius 2 is 2.00 bits per heavy atom. The van der Waals surface area contributed by atoms with Crippen molar-refractivity contribution >= 4 is 5.78 Å². The lowest BCUT2D eigenvalue weighted by molar-refractivity contribution is -0.117. The number of carbonyl (C=O) groups excluding carboxylic acids is 1. The molecule has 0 aromatic rings. The summed E-state index contributed by atoms with van der Waals surface area (Å²) in [7, 11) is 2.13. The summed E-state index contributed by atoms with van der Waals surface area (Å²) in [5, 5.41) is 0. The molecule has 0 bridgehead atoms. The normalized spacial score (nSPS) is 18.4. The van der Waals surface area contributed by atoms with Gasteiger partial charge in [-0.1, -0.05) is 12.8 Å². The number of Topliss-reactive ketones (excluding diaryl/α,β-unsaturated/α-hetero) is 1. The molecule has 0 saturated heterocycles. The van der Waals surface area contributed by atoms with E-state index in [1.807, 2.05) is 0 Å². The molecule has 1 rings (SSSR count). The van der Waals surface area contributed by atoms with Crippen LogP contribution in [-0.4, -0.2) is 30.8 Å². The van der Waals surface area contributed by atoms with Crippen LogP contribution in [0.25, 0.3) is 0 Å². The van der Waals surface area contributed by atoms with Gasteiger partial charge in [0.05, 0.1) is 0 Å². The number of hydrogen-bond acceptors (Lipinski definition) is 2. The molecule has 1 aliphatic rings. The lowest BCUT2D eigenvalue weighted by Crippen LogP contribution is -2.26. The van der Waals surface area contributed by atoms with Crippen LogP contribution in [0.2, 0.25) is 0 Å². The first-order valence-electron chi connectivity index (χ1n) is 5.36. The fourth-order valence-electron chi connectivity index (χ4n) is 2.07. The third-order valence-corrected chi connectivity index (χ3v) is 2.89. The first-order valence-corrected chi connectivity index (χ1v) is 5.36. The van der Waals surface area contributed by atoms with Crippen molar-refractivity contribution in [1.29, 1.82) is 0 Å². The molecule has 0 aromatic carbocycles. The molecule has 0 radical (unpaired) electrons. The monoisotopic (exact) mass is 183 g/mol. The van der Waals surface area contributed by atoms with Gasteiger partial charge in [0.15, 0.2) is 0 Å². The second-order valence-electron chi connectivity index (χ2n) is 4.36. The maximum atomic E-state index is 10.8. The van der Waals surface area contributed by atoms with Gasteiger partial charge >= 0.3 is 0 Å². The minimum absolute atomic E-state index is 0.304. The number of ketones is 1. The topological polar surface area (TPSA) is 20.3 Å². The van der Waals surface area contributed by atoms with Crippen LogP contribution in [0.4, 0.5) is 0 Å². The molecule has 0 aliphatic heterocycles. The first kappa shape index (κ1) is 10.7. The summed E-state index contributed by atoms with van der Waals surface area (Å²) in [6, 6.07) is 0. The zero-order valence-electron chi connectivity index (χ0n) is 8.88. The third-order valence-electron chi connectivity index (χ3n) is 2.89. The van der Waals surface area contributed by atoms with Crippen molar-refractivity contribution < 1.29 is 4.79 Å². The molecule has 0 atom stereocenters. The Morgan fingerprint density at radius 1 is 1.38 bits per heavy atom. The van der Waals surface area contributed by atoms with Crippen molar-refractivity contribution in [2.24, 2.45) is 5.92 Å². The summed E-state index contributed by atoms with van der Waals surface area (Å²) in [5.41, 5.74) is 0. The van der Waals surface area contributed by atoms with Crippen molar-refractivity contribution in [3.8, 4) is 0 Å². The smallest absolute Gasteiger partial charge is 0.131 e. The second-order valence-corrected chi connectivity index (χ2v) is 4.36. The standard InChI is InChI=1S/C11H21NO/c1-10(13)7-8-12(2)9-11-5-3-4-6-11/h11H,3-9H2,1-2H3. The van der Waals surface area contributed by atoms with Gasteiger partial charge in [0.1, 0.15) is 5.78 Å². The Labute approximate surface area is 81.3 Å². The van der Waals surface area contributed by atoms with E-state index in [1.54, 1.807) is 6.92 Å². The van der Waals surface area contributed by atoms with E-state index < -0.39 is 0 Å². The van der Waals surface area contributed by atoms with Crippen LogP contribution in [-0.2, 0) is 4.79 Å². The van der Waals surface area contributed by atoms with E-state index in [-0.39, 0.29) is 0 Å². The summed E-state index contributed by atoms with van der Waals surface area (Å²) in [6.45, 7) is 3.79. The molecule has 0 unspecified atom stereocenters. The van der Waals surface area contributed by atoms with Crippen LogP contribution in [0.1, 0.15) is 39.0 Å². The quantitative estimate of drug-likeness (QED) is 0.650. The molecular weight excluding hydrogens is 162 g/mol. The molecule has 1 saturated carbocycles. The van der Waals surface area contributed by atoms with Gasteiger partial charge in [-0.05, 0) is 32.7 Å². The van der Waals surface area contributed by atoms with Gasteiger partial charge in [-0.25, -0.2) is 0 Å². The van der Waals surface area contributed by atoms with Crippen molar-refractivity contribution in [2.75, 3.05) is 20.1 Å². The Morgan fingerprint density at radius 3 is 2.54 bits per heavy atom. The predicted octanol–water partition coefficient (Wildman–Crippen LogP) is 2.09. The Bertz CT molecular complexity index is 161. The van der Waals surface area contributed by atoms with Gasteiger partial charge in [-0.15, -0.1) is 0 Å². The molecule has 76 valence electrons. The molecule has 0 amide bonds. The molecule has 1 aliphatic carbocycles. The highest BCUT2D eigenvalue weighted by molar-refractivity contribution is 5.75. The third kappa shape index (κ3) is 4.41. The van der Waals surface area contributed by atoms with Crippen LogP contribution in [0.15, 0.2) is 0 Å². The number of hydrogen-bond donors (Lipinski definition) is 0. The van der Waals surface area contributed by atoms with E-state index in [2.05, 4.69) is 11.9 Å². The molecular formula is C11H21NO. The Balaban J connectivity index is 2.09. The predicted molar refractivity (Wildman–Crippen MR) is 54.8 cm³/mol. The fraction of sp³-hybridized carbons (Fsp3) is 0.909. The Hall–Kier alpha value is -0.370. The molecule has 0 spiro atoms. The molecule has 2 nitrogen and oxygen atoms in total. The molecule has 1 fully saturated rings. The zero-order valence-corrected chi connectivity index (χ0v) is 8.88. The highest BCUT2D eigenvalue weighted by atomic mass is 16.1. The highest BCUT2D eigenvalue weighted by Crippen LogP contribution is 2.24. The minimum Gasteiger partial charge on any atom is -0.306 e. The van der Waals surface area contributed by atoms with Crippen molar-refractivity contribution in [1.82, 2.24) is 4.90 Å². The van der Waals surface area contributed by atoms with Crippen molar-refractivity contribution in [3.63, 3.8) is 0 Å². The average Bonchev–Trinajstić information content (AvgIpc) is 2.53. The Kier molecular flexibility index (Phi) is 4.43. The summed E-state index contributed by atoms with van der Waals surface area (Å²) in [4.78, 5) is 13.1. The maximum absolute atomic E-state index is 10.8. The number of nitrogens with zero attached hydrogens (tertiary/aromatic N) is 1. The number of rotatable bonds is 5. The van der Waals surface area contributed by atoms with Crippen LogP contribution in [0, 0.1) is 5.92 Å². The van der Waals surface area contributed by atoms with E-state index in [0.717, 1.165) is 12.5 Å². The van der Waals surface area contributed by atoms with E-state index in [9.17, 15) is 4.79 Å². The van der Waals surface area contributed by atoms with E-state index in [4.69, 9.17) is 0 Å². The average molecular weight is 183 g/mol. The lowest BCUT2D eigenvalue weighted by atomic mass is 10.1. The van der Waals surface area contributed by atoms with E-state index in [1.165, 1.54) is 32.2 Å². The minimum atomic E-state index is 0.304. The molecule has 0 heterocycles. The fourth-order valence-corrected chi connectivity index (χ4v) is 2.07. The largest absolute Gasteiger partial charge is 0.306 e. The van der Waals surface area contributed by atoms with Crippen LogP contribution in [0.3, 0.4) is 0 Å². The summed E-state index contributed by atoms with van der Waals surface area (Å²) < 4.78 is 0. The molecule has 13 heavy (non-hydrogen) atoms. The number of carbonyl (C=O) groups is 1. The molecule has 2 heteroatoms. The van der Waals surface area contributed by atoms with E-state index in [0.29, 0.717) is 12.2 Å². The van der Waals surface area contributed by atoms with Gasteiger partial charge in [0.25, 0.3) is 0 Å². The SMILES string of the molecule is CC(=O)CCN(C)CC1CCCC1. The summed E-state index contributed by atoms with van der Waals surface area (Å²) in [5.74, 6) is 1.20. The van der Waals surface area contributed by atoms with Gasteiger partial charge in [0, 0.05) is 19.5 Å². The van der Waals surface area contributed by atoms with Crippen LogP contribution < -0.4 is 0 Å². The van der Waals surface area contributed by atoms with Crippen molar-refractivity contribution in [3.05, 3.63) is 0 Å². The van der Waals surface area contributed by atoms with Crippen LogP contribution in [0.5, 0.6) is 0 Å². The zero-order chi connectivity index (χ0) is 9.68. The van der Waals surface area contributed by atoms with Gasteiger partial charge < -0.3 is 4.90 Å². The van der Waals surface area contributed by atoms with Gasteiger partial charge in [0.2, 0.25) is 0 Å². The maximum Gasteiger partial charge on any atom is 0.131 e.